The predicted molar refractivity (Wildman–Crippen MR) is 67.9 cm³/mol. The largest absolute Gasteiger partial charge is 0.453 e. The average Bonchev–Trinajstić information content (AvgIpc) is 3.03. The quantitative estimate of drug-likeness (QED) is 0.938. The van der Waals surface area contributed by atoms with Crippen LogP contribution in [0, 0.1) is 12.8 Å². The molecule has 9 heteroatoms. The van der Waals surface area contributed by atoms with Crippen LogP contribution >= 0.6 is 0 Å². The van der Waals surface area contributed by atoms with Crippen molar-refractivity contribution >= 4 is 11.6 Å². The van der Waals surface area contributed by atoms with Crippen LogP contribution < -0.4 is 5.32 Å². The highest BCUT2D eigenvalue weighted by Crippen LogP contribution is 2.27. The van der Waals surface area contributed by atoms with Crippen LogP contribution in [0.3, 0.4) is 0 Å². The lowest BCUT2D eigenvalue weighted by molar-refractivity contribution is -0.144. The Hall–Kier alpha value is -1.90. The number of halogens is 3. The Balaban J connectivity index is 1.90. The molecule has 0 aromatic carbocycles. The Kier molecular flexibility index (Phi) is 3.44. The molecule has 3 rings (SSSR count). The molecule has 1 fully saturated rings. The van der Waals surface area contributed by atoms with E-state index in [0.29, 0.717) is 30.6 Å². The summed E-state index contributed by atoms with van der Waals surface area (Å²) in [5, 5.41) is 6.60. The van der Waals surface area contributed by atoms with Gasteiger partial charge in [0.2, 0.25) is 0 Å². The third-order valence-corrected chi connectivity index (χ3v) is 3.29. The van der Waals surface area contributed by atoms with E-state index in [4.69, 9.17) is 4.74 Å². The molecule has 3 heterocycles. The van der Waals surface area contributed by atoms with Gasteiger partial charge in [-0.1, -0.05) is 0 Å². The van der Waals surface area contributed by atoms with E-state index in [9.17, 15) is 13.2 Å². The minimum Gasteiger partial charge on any atom is -0.381 e. The Labute approximate surface area is 118 Å². The maximum absolute atomic E-state index is 12.7. The van der Waals surface area contributed by atoms with E-state index in [1.165, 1.54) is 0 Å². The number of rotatable bonds is 3. The van der Waals surface area contributed by atoms with Crippen LogP contribution in [0.5, 0.6) is 0 Å². The average molecular weight is 301 g/mol. The molecule has 0 saturated carbocycles. The lowest BCUT2D eigenvalue weighted by Gasteiger charge is -2.11. The first-order valence-electron chi connectivity index (χ1n) is 6.57. The van der Waals surface area contributed by atoms with Gasteiger partial charge < -0.3 is 10.1 Å². The Morgan fingerprint density at radius 2 is 2.24 bits per heavy atom. The molecule has 0 unspecified atom stereocenters. The molecular formula is C12H14F3N5O. The van der Waals surface area contributed by atoms with Crippen molar-refractivity contribution in [2.24, 2.45) is 5.92 Å². The number of aryl methyl sites for hydroxylation is 1. The summed E-state index contributed by atoms with van der Waals surface area (Å²) >= 11 is 0. The topological polar surface area (TPSA) is 64.3 Å². The number of anilines is 1. The third-order valence-electron chi connectivity index (χ3n) is 3.29. The van der Waals surface area contributed by atoms with Crippen LogP contribution in [0.2, 0.25) is 0 Å². The molecule has 1 N–H and O–H groups in total. The van der Waals surface area contributed by atoms with E-state index in [1.54, 1.807) is 13.0 Å². The number of hydrogen-bond donors (Lipinski definition) is 1. The molecule has 0 radical (unpaired) electrons. The maximum Gasteiger partial charge on any atom is 0.453 e. The summed E-state index contributed by atoms with van der Waals surface area (Å²) in [6.07, 6.45) is -3.65. The predicted octanol–water partition coefficient (Wildman–Crippen LogP) is 1.90. The molecule has 0 amide bonds. The van der Waals surface area contributed by atoms with Gasteiger partial charge in [-0.15, -0.1) is 5.10 Å². The normalized spacial score (nSPS) is 19.3. The van der Waals surface area contributed by atoms with Gasteiger partial charge in [-0.3, -0.25) is 0 Å². The molecular weight excluding hydrogens is 287 g/mol. The molecule has 1 atom stereocenters. The molecule has 1 aliphatic heterocycles. The standard InChI is InChI=1S/C12H14F3N5O/c1-7-4-9(16-5-8-2-3-21-6-8)20-11(17-7)18-10(19-20)12(13,14)15/h4,8,16H,2-3,5-6H2,1H3/t8-/m0/s1. The number of hydrogen-bond acceptors (Lipinski definition) is 5. The minimum absolute atomic E-state index is 0.0625. The van der Waals surface area contributed by atoms with Crippen molar-refractivity contribution in [1.29, 1.82) is 0 Å². The maximum atomic E-state index is 12.7. The van der Waals surface area contributed by atoms with E-state index in [2.05, 4.69) is 20.4 Å². The van der Waals surface area contributed by atoms with Crippen molar-refractivity contribution in [2.75, 3.05) is 25.1 Å². The van der Waals surface area contributed by atoms with Gasteiger partial charge in [-0.2, -0.15) is 22.7 Å². The second kappa shape index (κ2) is 5.14. The van der Waals surface area contributed by atoms with Crippen LogP contribution in [0.25, 0.3) is 5.78 Å². The molecule has 1 aliphatic rings. The first-order chi connectivity index (χ1) is 9.93. The summed E-state index contributed by atoms with van der Waals surface area (Å²) in [6, 6.07) is 1.65. The van der Waals surface area contributed by atoms with Crippen LogP contribution in [0.1, 0.15) is 17.9 Å². The molecule has 0 aliphatic carbocycles. The minimum atomic E-state index is -4.59. The van der Waals surface area contributed by atoms with Gasteiger partial charge in [0.25, 0.3) is 11.6 Å². The van der Waals surface area contributed by atoms with Crippen molar-refractivity contribution in [1.82, 2.24) is 19.6 Å². The number of nitrogens with one attached hydrogen (secondary N) is 1. The lowest BCUT2D eigenvalue weighted by atomic mass is 10.1. The molecule has 1 saturated heterocycles. The number of ether oxygens (including phenoxy) is 1. The molecule has 0 bridgehead atoms. The number of nitrogens with zero attached hydrogens (tertiary/aromatic N) is 4. The summed E-state index contributed by atoms with van der Waals surface area (Å²) < 4.78 is 44.4. The Morgan fingerprint density at radius 1 is 1.43 bits per heavy atom. The molecule has 6 nitrogen and oxygen atoms in total. The SMILES string of the molecule is Cc1cc(NC[C@@H]2CCOC2)n2nc(C(F)(F)F)nc2n1. The number of alkyl halides is 3. The zero-order valence-corrected chi connectivity index (χ0v) is 11.3. The highest BCUT2D eigenvalue weighted by Gasteiger charge is 2.36. The fourth-order valence-corrected chi connectivity index (χ4v) is 2.23. The van der Waals surface area contributed by atoms with Crippen molar-refractivity contribution in [3.05, 3.63) is 17.6 Å². The van der Waals surface area contributed by atoms with Gasteiger partial charge in [0.15, 0.2) is 0 Å². The zero-order chi connectivity index (χ0) is 15.0. The van der Waals surface area contributed by atoms with Gasteiger partial charge in [0.05, 0.1) is 6.61 Å². The van der Waals surface area contributed by atoms with Gasteiger partial charge >= 0.3 is 6.18 Å². The third kappa shape index (κ3) is 2.92. The lowest BCUT2D eigenvalue weighted by Crippen LogP contribution is -2.16. The molecule has 2 aromatic heterocycles. The van der Waals surface area contributed by atoms with Gasteiger partial charge in [0, 0.05) is 30.8 Å². The van der Waals surface area contributed by atoms with Crippen molar-refractivity contribution in [3.63, 3.8) is 0 Å². The second-order valence-electron chi connectivity index (χ2n) is 5.04. The summed E-state index contributed by atoms with van der Waals surface area (Å²) in [7, 11) is 0. The van der Waals surface area contributed by atoms with Gasteiger partial charge in [0.1, 0.15) is 5.82 Å². The van der Waals surface area contributed by atoms with E-state index in [1.807, 2.05) is 0 Å². The van der Waals surface area contributed by atoms with Crippen LogP contribution in [-0.2, 0) is 10.9 Å². The smallest absolute Gasteiger partial charge is 0.381 e. The fraction of sp³-hybridized carbons (Fsp3) is 0.583. The Morgan fingerprint density at radius 3 is 2.90 bits per heavy atom. The fourth-order valence-electron chi connectivity index (χ4n) is 2.23. The van der Waals surface area contributed by atoms with Crippen LogP contribution in [0.4, 0.5) is 19.0 Å². The van der Waals surface area contributed by atoms with Crippen molar-refractivity contribution in [3.8, 4) is 0 Å². The molecule has 2 aromatic rings. The van der Waals surface area contributed by atoms with Crippen LogP contribution in [-0.4, -0.2) is 39.3 Å². The van der Waals surface area contributed by atoms with E-state index < -0.39 is 12.0 Å². The van der Waals surface area contributed by atoms with Crippen molar-refractivity contribution in [2.45, 2.75) is 19.5 Å². The summed E-state index contributed by atoms with van der Waals surface area (Å²) in [5.41, 5.74) is 0.578. The van der Waals surface area contributed by atoms with Gasteiger partial charge in [-0.05, 0) is 13.3 Å². The summed E-state index contributed by atoms with van der Waals surface area (Å²) in [6.45, 7) is 3.69. The summed E-state index contributed by atoms with van der Waals surface area (Å²) in [4.78, 5) is 7.41. The van der Waals surface area contributed by atoms with Crippen LogP contribution in [0.15, 0.2) is 6.07 Å². The zero-order valence-electron chi connectivity index (χ0n) is 11.3. The number of fused-ring (bicyclic) bond motifs is 1. The first kappa shape index (κ1) is 14.1. The molecule has 21 heavy (non-hydrogen) atoms. The highest BCUT2D eigenvalue weighted by atomic mass is 19.4. The van der Waals surface area contributed by atoms with E-state index >= 15 is 0 Å². The summed E-state index contributed by atoms with van der Waals surface area (Å²) in [5.74, 6) is -0.452. The van der Waals surface area contributed by atoms with E-state index in [0.717, 1.165) is 17.5 Å². The van der Waals surface area contributed by atoms with Gasteiger partial charge in [-0.25, -0.2) is 4.98 Å². The first-order valence-corrected chi connectivity index (χ1v) is 6.57. The second-order valence-corrected chi connectivity index (χ2v) is 5.04. The van der Waals surface area contributed by atoms with Crippen molar-refractivity contribution < 1.29 is 17.9 Å². The molecule has 114 valence electrons. The molecule has 0 spiro atoms. The number of aromatic nitrogens is 4. The highest BCUT2D eigenvalue weighted by molar-refractivity contribution is 5.45. The monoisotopic (exact) mass is 301 g/mol. The van der Waals surface area contributed by atoms with E-state index in [-0.39, 0.29) is 5.78 Å². The Bertz CT molecular complexity index is 648.